The summed E-state index contributed by atoms with van der Waals surface area (Å²) < 4.78 is 8.54. The van der Waals surface area contributed by atoms with Gasteiger partial charge in [-0.3, -0.25) is 0 Å². The summed E-state index contributed by atoms with van der Waals surface area (Å²) in [7, 11) is 0. The molecule has 0 aromatic carbocycles. The fraction of sp³-hybridized carbons (Fsp3) is 0.846. The first-order valence-electron chi connectivity index (χ1n) is 5.98. The van der Waals surface area contributed by atoms with E-state index in [1.807, 2.05) is 41.5 Å². The second-order valence-electron chi connectivity index (χ2n) is 6.85. The maximum Gasteiger partial charge on any atom is 0.345 e. The first-order valence-corrected chi connectivity index (χ1v) is 7.56. The van der Waals surface area contributed by atoms with Crippen LogP contribution in [0.15, 0.2) is 0 Å². The van der Waals surface area contributed by atoms with Crippen molar-refractivity contribution in [2.75, 3.05) is 13.2 Å². The van der Waals surface area contributed by atoms with E-state index in [4.69, 9.17) is 9.47 Å². The van der Waals surface area contributed by atoms with Crippen LogP contribution in [0.4, 0.5) is 0 Å². The Morgan fingerprint density at radius 3 is 1.26 bits per heavy atom. The van der Waals surface area contributed by atoms with Crippen molar-refractivity contribution in [3.05, 3.63) is 0 Å². The highest BCUT2D eigenvalue weighted by Gasteiger charge is 2.45. The lowest BCUT2D eigenvalue weighted by Crippen LogP contribution is -2.40. The number of alkyl halides is 2. The van der Waals surface area contributed by atoms with Crippen molar-refractivity contribution in [2.24, 2.45) is 10.8 Å². The molecule has 19 heavy (non-hydrogen) atoms. The van der Waals surface area contributed by atoms with Gasteiger partial charge in [0.25, 0.3) is 3.23 Å². The molecule has 0 aromatic rings. The normalized spacial score (nSPS) is 13.1. The Morgan fingerprint density at radius 1 is 0.789 bits per heavy atom. The van der Waals surface area contributed by atoms with Gasteiger partial charge in [0.15, 0.2) is 0 Å². The highest BCUT2D eigenvalue weighted by molar-refractivity contribution is 9.26. The summed E-state index contributed by atoms with van der Waals surface area (Å²) in [6, 6.07) is 0. The number of carbonyl (C=O) groups excluding carboxylic acids is 2. The summed E-state index contributed by atoms with van der Waals surface area (Å²) in [5.41, 5.74) is -0.331. The second kappa shape index (κ2) is 6.57. The van der Waals surface area contributed by atoms with Gasteiger partial charge in [0.05, 0.1) is 13.2 Å². The summed E-state index contributed by atoms with van der Waals surface area (Å²) in [5.74, 6) is -1.41. The van der Waals surface area contributed by atoms with Crippen molar-refractivity contribution in [3.63, 3.8) is 0 Å². The molecule has 0 rings (SSSR count). The van der Waals surface area contributed by atoms with Crippen LogP contribution >= 0.6 is 31.9 Å². The Labute approximate surface area is 131 Å². The van der Waals surface area contributed by atoms with Crippen LogP contribution < -0.4 is 0 Å². The molecule has 0 atom stereocenters. The van der Waals surface area contributed by atoms with Crippen LogP contribution in [-0.4, -0.2) is 28.4 Å². The Balaban J connectivity index is 4.51. The first-order chi connectivity index (χ1) is 8.26. The summed E-state index contributed by atoms with van der Waals surface area (Å²) in [6.07, 6.45) is 0. The minimum Gasteiger partial charge on any atom is -0.463 e. The molecule has 0 unspecified atom stereocenters. The molecular formula is C13H22Br2O4. The lowest BCUT2D eigenvalue weighted by Gasteiger charge is -2.24. The predicted octanol–water partition coefficient (Wildman–Crippen LogP) is 3.65. The maximum absolute atomic E-state index is 11.9. The number of ether oxygens (including phenoxy) is 2. The third kappa shape index (κ3) is 7.92. The Bertz CT molecular complexity index is 306. The fourth-order valence-electron chi connectivity index (χ4n) is 0.829. The van der Waals surface area contributed by atoms with Crippen molar-refractivity contribution >= 4 is 43.8 Å². The number of carbonyl (C=O) groups is 2. The van der Waals surface area contributed by atoms with Gasteiger partial charge >= 0.3 is 11.9 Å². The summed E-state index contributed by atoms with van der Waals surface area (Å²) in [5, 5.41) is 0. The lowest BCUT2D eigenvalue weighted by molar-refractivity contribution is -0.157. The van der Waals surface area contributed by atoms with E-state index in [1.54, 1.807) is 0 Å². The molecular weight excluding hydrogens is 380 g/mol. The van der Waals surface area contributed by atoms with Crippen LogP contribution in [0.25, 0.3) is 0 Å². The van der Waals surface area contributed by atoms with Gasteiger partial charge in [-0.2, -0.15) is 0 Å². The van der Waals surface area contributed by atoms with E-state index in [9.17, 15) is 9.59 Å². The molecule has 112 valence electrons. The molecule has 0 aliphatic heterocycles. The third-order valence-electron chi connectivity index (χ3n) is 1.79. The Morgan fingerprint density at radius 2 is 1.05 bits per heavy atom. The summed E-state index contributed by atoms with van der Waals surface area (Å²) >= 11 is 6.03. The zero-order valence-corrected chi connectivity index (χ0v) is 15.5. The van der Waals surface area contributed by atoms with Crippen molar-refractivity contribution in [2.45, 2.75) is 44.8 Å². The van der Waals surface area contributed by atoms with Crippen LogP contribution in [0.1, 0.15) is 41.5 Å². The number of esters is 2. The topological polar surface area (TPSA) is 52.6 Å². The van der Waals surface area contributed by atoms with E-state index >= 15 is 0 Å². The van der Waals surface area contributed by atoms with Gasteiger partial charge in [0.1, 0.15) is 0 Å². The molecule has 0 aromatic heterocycles. The molecule has 0 amide bonds. The van der Waals surface area contributed by atoms with E-state index < -0.39 is 15.2 Å². The maximum atomic E-state index is 11.9. The van der Waals surface area contributed by atoms with Crippen LogP contribution in [-0.2, 0) is 19.1 Å². The van der Waals surface area contributed by atoms with Gasteiger partial charge < -0.3 is 9.47 Å². The van der Waals surface area contributed by atoms with Gasteiger partial charge in [-0.05, 0) is 42.7 Å². The van der Waals surface area contributed by atoms with E-state index in [2.05, 4.69) is 31.9 Å². The zero-order chi connectivity index (χ0) is 15.5. The molecule has 0 saturated carbocycles. The molecule has 6 heteroatoms. The van der Waals surface area contributed by atoms with Gasteiger partial charge in [0, 0.05) is 0 Å². The molecule has 0 saturated heterocycles. The van der Waals surface area contributed by atoms with E-state index in [1.165, 1.54) is 0 Å². The fourth-order valence-corrected chi connectivity index (χ4v) is 1.29. The average Bonchev–Trinajstić information content (AvgIpc) is 2.20. The zero-order valence-electron chi connectivity index (χ0n) is 12.3. The summed E-state index contributed by atoms with van der Waals surface area (Å²) in [4.78, 5) is 23.7. The van der Waals surface area contributed by atoms with Crippen molar-refractivity contribution < 1.29 is 19.1 Å². The average molecular weight is 402 g/mol. The van der Waals surface area contributed by atoms with Crippen LogP contribution in [0, 0.1) is 10.8 Å². The van der Waals surface area contributed by atoms with E-state index in [-0.39, 0.29) is 24.0 Å². The molecule has 4 nitrogen and oxygen atoms in total. The third-order valence-corrected chi connectivity index (χ3v) is 3.08. The molecule has 0 aliphatic carbocycles. The molecule has 0 radical (unpaired) electrons. The minimum atomic E-state index is -1.64. The predicted molar refractivity (Wildman–Crippen MR) is 81.4 cm³/mol. The van der Waals surface area contributed by atoms with Gasteiger partial charge in [-0.1, -0.05) is 41.5 Å². The van der Waals surface area contributed by atoms with Crippen molar-refractivity contribution in [1.82, 2.24) is 0 Å². The standard InChI is InChI=1S/C13H22Br2O4/c1-11(2,3)7-18-9(16)13(14,15)10(17)19-8-12(4,5)6/h7-8H2,1-6H3. The smallest absolute Gasteiger partial charge is 0.345 e. The van der Waals surface area contributed by atoms with Gasteiger partial charge in [-0.25, -0.2) is 9.59 Å². The number of halogens is 2. The monoisotopic (exact) mass is 400 g/mol. The van der Waals surface area contributed by atoms with Crippen LogP contribution in [0.3, 0.4) is 0 Å². The van der Waals surface area contributed by atoms with Crippen LogP contribution in [0.2, 0.25) is 0 Å². The van der Waals surface area contributed by atoms with Crippen LogP contribution in [0.5, 0.6) is 0 Å². The number of hydrogen-bond acceptors (Lipinski definition) is 4. The van der Waals surface area contributed by atoms with Gasteiger partial charge in [-0.15, -0.1) is 0 Å². The quantitative estimate of drug-likeness (QED) is 0.409. The van der Waals surface area contributed by atoms with E-state index in [0.717, 1.165) is 0 Å². The minimum absolute atomic E-state index is 0.166. The first kappa shape index (κ1) is 18.9. The highest BCUT2D eigenvalue weighted by atomic mass is 79.9. The molecule has 0 spiro atoms. The number of hydrogen-bond donors (Lipinski definition) is 0. The Hall–Kier alpha value is -0.100. The molecule has 0 aliphatic rings. The second-order valence-corrected chi connectivity index (χ2v) is 10.3. The summed E-state index contributed by atoms with van der Waals surface area (Å²) in [6.45, 7) is 12.0. The molecule has 0 bridgehead atoms. The van der Waals surface area contributed by atoms with Gasteiger partial charge in [0.2, 0.25) is 0 Å². The largest absolute Gasteiger partial charge is 0.463 e. The van der Waals surface area contributed by atoms with E-state index in [0.29, 0.717) is 0 Å². The number of rotatable bonds is 4. The van der Waals surface area contributed by atoms with Crippen molar-refractivity contribution in [1.29, 1.82) is 0 Å². The highest BCUT2D eigenvalue weighted by Crippen LogP contribution is 2.31. The molecule has 0 fully saturated rings. The SMILES string of the molecule is CC(C)(C)COC(=O)C(Br)(Br)C(=O)OCC(C)(C)C. The lowest BCUT2D eigenvalue weighted by atomic mass is 9.99. The Kier molecular flexibility index (Phi) is 6.53. The molecule has 0 heterocycles. The van der Waals surface area contributed by atoms with Crippen molar-refractivity contribution in [3.8, 4) is 0 Å². The molecule has 0 N–H and O–H groups in total.